The van der Waals surface area contributed by atoms with E-state index in [0.29, 0.717) is 12.1 Å². The van der Waals surface area contributed by atoms with Gasteiger partial charge in [-0.1, -0.05) is 6.08 Å². The average Bonchev–Trinajstić information content (AvgIpc) is 2.18. The van der Waals surface area contributed by atoms with Gasteiger partial charge in [0.1, 0.15) is 0 Å². The van der Waals surface area contributed by atoms with Crippen molar-refractivity contribution in [1.82, 2.24) is 4.90 Å². The Hall–Kier alpha value is -2.10. The van der Waals surface area contributed by atoms with Crippen LogP contribution >= 0.6 is 0 Å². The number of aliphatic imine (C=N–C) groups is 1. The Kier molecular flexibility index (Phi) is 2.49. The van der Waals surface area contributed by atoms with Crippen molar-refractivity contribution in [3.63, 3.8) is 0 Å². The maximum absolute atomic E-state index is 11.0. The highest BCUT2D eigenvalue weighted by Gasteiger charge is 2.12. The Labute approximate surface area is 87.8 Å². The molecular formula is C11H11N3O. The number of carbonyl (C=O) groups excluding carboxylic acids is 1. The highest BCUT2D eigenvalue weighted by Crippen LogP contribution is 2.17. The van der Waals surface area contributed by atoms with Gasteiger partial charge < -0.3 is 10.6 Å². The third-order valence-corrected chi connectivity index (χ3v) is 2.16. The van der Waals surface area contributed by atoms with Gasteiger partial charge >= 0.3 is 0 Å². The molecule has 0 aromatic rings. The summed E-state index contributed by atoms with van der Waals surface area (Å²) in [6.07, 6.45) is 12.6. The molecule has 0 aliphatic carbocycles. The van der Waals surface area contributed by atoms with Crippen molar-refractivity contribution in [2.24, 2.45) is 10.7 Å². The minimum atomic E-state index is -0.417. The molecule has 2 N–H and O–H groups in total. The van der Waals surface area contributed by atoms with E-state index < -0.39 is 5.91 Å². The quantitative estimate of drug-likeness (QED) is 0.679. The molecule has 0 spiro atoms. The first kappa shape index (κ1) is 9.45. The molecule has 1 amide bonds. The van der Waals surface area contributed by atoms with E-state index in [1.807, 2.05) is 23.1 Å². The van der Waals surface area contributed by atoms with Gasteiger partial charge in [0.25, 0.3) is 0 Å². The summed E-state index contributed by atoms with van der Waals surface area (Å²) >= 11 is 0. The molecule has 0 unspecified atom stereocenters. The van der Waals surface area contributed by atoms with Gasteiger partial charge in [-0.05, 0) is 18.2 Å². The van der Waals surface area contributed by atoms with Crippen LogP contribution in [0.5, 0.6) is 0 Å². The molecule has 2 heterocycles. The van der Waals surface area contributed by atoms with E-state index in [9.17, 15) is 4.79 Å². The summed E-state index contributed by atoms with van der Waals surface area (Å²) in [6.45, 7) is 0.707. The van der Waals surface area contributed by atoms with Crippen LogP contribution < -0.4 is 5.73 Å². The van der Waals surface area contributed by atoms with Crippen molar-refractivity contribution in [2.75, 3.05) is 6.54 Å². The third kappa shape index (κ3) is 2.04. The van der Waals surface area contributed by atoms with Crippen LogP contribution in [-0.2, 0) is 4.79 Å². The largest absolute Gasteiger partial charge is 0.366 e. The van der Waals surface area contributed by atoms with Crippen LogP contribution in [-0.4, -0.2) is 23.6 Å². The van der Waals surface area contributed by atoms with Gasteiger partial charge in [0.15, 0.2) is 0 Å². The van der Waals surface area contributed by atoms with E-state index in [0.717, 1.165) is 5.70 Å². The lowest BCUT2D eigenvalue weighted by Gasteiger charge is -2.23. The normalized spacial score (nSPS) is 18.8. The fraction of sp³-hybridized carbons (Fsp3) is 0.0909. The molecule has 15 heavy (non-hydrogen) atoms. The lowest BCUT2D eigenvalue weighted by Crippen LogP contribution is -2.23. The highest BCUT2D eigenvalue weighted by atomic mass is 16.1. The van der Waals surface area contributed by atoms with E-state index in [4.69, 9.17) is 5.73 Å². The number of primary amides is 1. The fourth-order valence-corrected chi connectivity index (χ4v) is 1.38. The minimum absolute atomic E-state index is 0.417. The molecule has 4 nitrogen and oxygen atoms in total. The fourth-order valence-electron chi connectivity index (χ4n) is 1.38. The zero-order valence-corrected chi connectivity index (χ0v) is 8.13. The van der Waals surface area contributed by atoms with E-state index in [2.05, 4.69) is 4.99 Å². The second kappa shape index (κ2) is 3.96. The van der Waals surface area contributed by atoms with Crippen LogP contribution in [0.3, 0.4) is 0 Å². The summed E-state index contributed by atoms with van der Waals surface area (Å²) in [5.74, 6) is -0.417. The lowest BCUT2D eigenvalue weighted by atomic mass is 10.1. The van der Waals surface area contributed by atoms with Crippen molar-refractivity contribution in [2.45, 2.75) is 0 Å². The molecule has 0 aromatic heterocycles. The second-order valence-electron chi connectivity index (χ2n) is 3.21. The molecule has 0 atom stereocenters. The number of nitrogens with zero attached hydrogens (tertiary/aromatic N) is 2. The molecular weight excluding hydrogens is 190 g/mol. The highest BCUT2D eigenvalue weighted by molar-refractivity contribution is 5.95. The Morgan fingerprint density at radius 2 is 2.33 bits per heavy atom. The van der Waals surface area contributed by atoms with Gasteiger partial charge in [-0.2, -0.15) is 0 Å². The Morgan fingerprint density at radius 1 is 1.47 bits per heavy atom. The Bertz CT molecular complexity index is 427. The third-order valence-electron chi connectivity index (χ3n) is 2.16. The van der Waals surface area contributed by atoms with Gasteiger partial charge in [-0.25, -0.2) is 0 Å². The first-order valence-electron chi connectivity index (χ1n) is 4.62. The monoisotopic (exact) mass is 201 g/mol. The van der Waals surface area contributed by atoms with E-state index in [1.165, 1.54) is 0 Å². The van der Waals surface area contributed by atoms with Crippen molar-refractivity contribution in [1.29, 1.82) is 0 Å². The predicted octanol–water partition coefficient (Wildman–Crippen LogP) is 0.709. The number of rotatable bonds is 1. The van der Waals surface area contributed by atoms with Crippen LogP contribution in [0, 0.1) is 0 Å². The topological polar surface area (TPSA) is 58.7 Å². The van der Waals surface area contributed by atoms with E-state index in [1.54, 1.807) is 24.7 Å². The zero-order chi connectivity index (χ0) is 10.7. The van der Waals surface area contributed by atoms with E-state index in [-0.39, 0.29) is 0 Å². The molecule has 0 aromatic carbocycles. The predicted molar refractivity (Wildman–Crippen MR) is 58.8 cm³/mol. The number of carbonyl (C=O) groups is 1. The number of fused-ring (bicyclic) bond motifs is 1. The van der Waals surface area contributed by atoms with Gasteiger partial charge in [-0.3, -0.25) is 9.79 Å². The summed E-state index contributed by atoms with van der Waals surface area (Å²) in [5.41, 5.74) is 6.66. The van der Waals surface area contributed by atoms with Gasteiger partial charge in [0, 0.05) is 19.0 Å². The smallest absolute Gasteiger partial charge is 0.250 e. The van der Waals surface area contributed by atoms with Gasteiger partial charge in [0.2, 0.25) is 5.91 Å². The summed E-state index contributed by atoms with van der Waals surface area (Å²) in [6, 6.07) is 0. The van der Waals surface area contributed by atoms with Crippen LogP contribution in [0.1, 0.15) is 0 Å². The maximum atomic E-state index is 11.0. The van der Waals surface area contributed by atoms with Gasteiger partial charge in [0.05, 0.1) is 17.5 Å². The first-order valence-corrected chi connectivity index (χ1v) is 4.62. The van der Waals surface area contributed by atoms with Crippen LogP contribution in [0.25, 0.3) is 0 Å². The summed E-state index contributed by atoms with van der Waals surface area (Å²) < 4.78 is 0. The van der Waals surface area contributed by atoms with Crippen LogP contribution in [0.15, 0.2) is 53.0 Å². The Balaban J connectivity index is 2.32. The zero-order valence-electron chi connectivity index (χ0n) is 8.13. The summed E-state index contributed by atoms with van der Waals surface area (Å²) in [7, 11) is 0. The molecule has 0 saturated carbocycles. The molecule has 0 saturated heterocycles. The lowest BCUT2D eigenvalue weighted by molar-refractivity contribution is -0.114. The maximum Gasteiger partial charge on any atom is 0.250 e. The number of allylic oxidation sites excluding steroid dienone is 2. The standard InChI is InChI=1S/C11H11N3O/c12-11(15)9-3-4-10-7-13-5-1-2-6-14(10)8-9/h1-5,7-8H,6H2,(H2,12,15). The van der Waals surface area contributed by atoms with E-state index >= 15 is 0 Å². The summed E-state index contributed by atoms with van der Waals surface area (Å²) in [5, 5.41) is 0. The van der Waals surface area contributed by atoms with Crippen molar-refractivity contribution in [3.8, 4) is 0 Å². The van der Waals surface area contributed by atoms with Crippen LogP contribution in [0.2, 0.25) is 0 Å². The molecule has 0 radical (unpaired) electrons. The Morgan fingerprint density at radius 3 is 3.13 bits per heavy atom. The minimum Gasteiger partial charge on any atom is -0.366 e. The molecule has 4 heteroatoms. The molecule has 0 bridgehead atoms. The number of hydrogen-bond acceptors (Lipinski definition) is 3. The van der Waals surface area contributed by atoms with Gasteiger partial charge in [-0.15, -0.1) is 0 Å². The van der Waals surface area contributed by atoms with Crippen molar-refractivity contribution < 1.29 is 4.79 Å². The van der Waals surface area contributed by atoms with Crippen molar-refractivity contribution >= 4 is 12.1 Å². The molecule has 2 rings (SSSR count). The molecule has 2 aliphatic heterocycles. The van der Waals surface area contributed by atoms with Crippen LogP contribution in [0.4, 0.5) is 0 Å². The average molecular weight is 201 g/mol. The number of hydrogen-bond donors (Lipinski definition) is 1. The SMILES string of the molecule is NC(=O)C1=CN2CC=CC=NC=C2C=C1. The molecule has 2 aliphatic rings. The van der Waals surface area contributed by atoms with Crippen molar-refractivity contribution in [3.05, 3.63) is 48.0 Å². The number of amides is 1. The number of nitrogens with two attached hydrogens (primary N) is 1. The first-order chi connectivity index (χ1) is 7.27. The molecule has 76 valence electrons. The second-order valence-corrected chi connectivity index (χ2v) is 3.21. The molecule has 0 fully saturated rings. The summed E-state index contributed by atoms with van der Waals surface area (Å²) in [4.78, 5) is 17.0.